The molecule has 0 aliphatic rings. The zero-order valence-corrected chi connectivity index (χ0v) is 15.7. The third kappa shape index (κ3) is 3.40. The molecular formula is C20H21N3O4. The molecule has 27 heavy (non-hydrogen) atoms. The lowest BCUT2D eigenvalue weighted by atomic mass is 10.1. The fourth-order valence-corrected chi connectivity index (χ4v) is 2.84. The van der Waals surface area contributed by atoms with Gasteiger partial charge >= 0.3 is 5.97 Å². The van der Waals surface area contributed by atoms with E-state index in [9.17, 15) is 14.4 Å². The Bertz CT molecular complexity index is 1120. The lowest BCUT2D eigenvalue weighted by Gasteiger charge is -2.12. The molecule has 0 radical (unpaired) electrons. The summed E-state index contributed by atoms with van der Waals surface area (Å²) in [6, 6.07) is 5.48. The molecule has 3 rings (SSSR count). The maximum Gasteiger partial charge on any atom is 0.345 e. The van der Waals surface area contributed by atoms with Crippen LogP contribution in [0.4, 0.5) is 5.69 Å². The number of esters is 1. The van der Waals surface area contributed by atoms with Crippen LogP contribution in [0.15, 0.2) is 35.4 Å². The summed E-state index contributed by atoms with van der Waals surface area (Å²) in [4.78, 5) is 41.0. The molecule has 0 aliphatic carbocycles. The van der Waals surface area contributed by atoms with E-state index in [1.165, 1.54) is 10.6 Å². The number of carbonyl (C=O) groups excluding carboxylic acids is 2. The highest BCUT2D eigenvalue weighted by atomic mass is 16.5. The lowest BCUT2D eigenvalue weighted by molar-refractivity contribution is -0.118. The first-order chi connectivity index (χ1) is 12.8. The normalized spacial score (nSPS) is 11.1. The number of aromatic nitrogens is 2. The third-order valence-electron chi connectivity index (χ3n) is 4.29. The van der Waals surface area contributed by atoms with Crippen molar-refractivity contribution in [2.24, 2.45) is 5.92 Å². The molecule has 0 saturated heterocycles. The Labute approximate surface area is 156 Å². The number of nitrogens with one attached hydrogen (secondary N) is 1. The number of anilines is 1. The SMILES string of the molecule is CCOC(=O)c1cnc2c3cc(NC(=O)C(C)C)ccc3c(C)cn2c1=O. The topological polar surface area (TPSA) is 89.8 Å². The van der Waals surface area contributed by atoms with Crippen molar-refractivity contribution in [1.29, 1.82) is 0 Å². The van der Waals surface area contributed by atoms with Crippen LogP contribution in [0.2, 0.25) is 0 Å². The molecule has 0 unspecified atom stereocenters. The molecule has 2 aromatic heterocycles. The number of nitrogens with zero attached hydrogens (tertiary/aromatic N) is 2. The quantitative estimate of drug-likeness (QED) is 0.566. The summed E-state index contributed by atoms with van der Waals surface area (Å²) in [5.41, 5.74) is 1.29. The number of aryl methyl sites for hydroxylation is 1. The van der Waals surface area contributed by atoms with Gasteiger partial charge in [0.25, 0.3) is 5.56 Å². The van der Waals surface area contributed by atoms with Gasteiger partial charge in [0.1, 0.15) is 11.2 Å². The molecule has 0 saturated carbocycles. The van der Waals surface area contributed by atoms with Crippen LogP contribution in [0, 0.1) is 12.8 Å². The third-order valence-corrected chi connectivity index (χ3v) is 4.29. The number of ether oxygens (including phenoxy) is 1. The maximum absolute atomic E-state index is 12.7. The number of benzene rings is 1. The van der Waals surface area contributed by atoms with Crippen LogP contribution < -0.4 is 10.9 Å². The van der Waals surface area contributed by atoms with E-state index in [0.29, 0.717) is 16.7 Å². The highest BCUT2D eigenvalue weighted by molar-refractivity contribution is 6.01. The second-order valence-corrected chi connectivity index (χ2v) is 6.61. The largest absolute Gasteiger partial charge is 0.462 e. The van der Waals surface area contributed by atoms with Crippen molar-refractivity contribution < 1.29 is 14.3 Å². The molecule has 1 N–H and O–H groups in total. The van der Waals surface area contributed by atoms with E-state index in [-0.39, 0.29) is 24.0 Å². The summed E-state index contributed by atoms with van der Waals surface area (Å²) >= 11 is 0. The van der Waals surface area contributed by atoms with Gasteiger partial charge in [0.15, 0.2) is 0 Å². The van der Waals surface area contributed by atoms with Crippen molar-refractivity contribution in [3.05, 3.63) is 52.1 Å². The predicted octanol–water partition coefficient (Wildman–Crippen LogP) is 2.93. The molecule has 140 valence electrons. The van der Waals surface area contributed by atoms with E-state index in [2.05, 4.69) is 10.3 Å². The zero-order valence-electron chi connectivity index (χ0n) is 15.7. The van der Waals surface area contributed by atoms with Crippen LogP contribution in [0.5, 0.6) is 0 Å². The van der Waals surface area contributed by atoms with Crippen LogP contribution in [-0.4, -0.2) is 27.9 Å². The standard InChI is InChI=1S/C20H21N3O4/c1-5-27-20(26)16-9-21-17-15-8-13(22-18(24)11(2)3)6-7-14(15)12(4)10-23(17)19(16)25/h6-11H,5H2,1-4H3,(H,22,24). The van der Waals surface area contributed by atoms with Crippen LogP contribution in [0.1, 0.15) is 36.7 Å². The van der Waals surface area contributed by atoms with Crippen molar-refractivity contribution >= 4 is 34.0 Å². The van der Waals surface area contributed by atoms with Crippen molar-refractivity contribution in [3.63, 3.8) is 0 Å². The summed E-state index contributed by atoms with van der Waals surface area (Å²) in [5, 5.41) is 4.47. The van der Waals surface area contributed by atoms with Gasteiger partial charge in [0, 0.05) is 29.4 Å². The number of hydrogen-bond acceptors (Lipinski definition) is 5. The number of hydrogen-bond donors (Lipinski definition) is 1. The van der Waals surface area contributed by atoms with Gasteiger partial charge in [-0.15, -0.1) is 0 Å². The molecule has 1 aromatic carbocycles. The van der Waals surface area contributed by atoms with Crippen LogP contribution in [0.3, 0.4) is 0 Å². The van der Waals surface area contributed by atoms with E-state index in [4.69, 9.17) is 4.74 Å². The molecule has 2 heterocycles. The summed E-state index contributed by atoms with van der Waals surface area (Å²) in [6.45, 7) is 7.35. The average Bonchev–Trinajstić information content (AvgIpc) is 2.62. The molecule has 0 atom stereocenters. The van der Waals surface area contributed by atoms with Gasteiger partial charge in [-0.2, -0.15) is 0 Å². The molecule has 0 spiro atoms. The minimum absolute atomic E-state index is 0.0963. The van der Waals surface area contributed by atoms with Gasteiger partial charge in [0.2, 0.25) is 5.91 Å². The fourth-order valence-electron chi connectivity index (χ4n) is 2.84. The molecule has 7 heteroatoms. The van der Waals surface area contributed by atoms with Crippen molar-refractivity contribution in [1.82, 2.24) is 9.38 Å². The van der Waals surface area contributed by atoms with Crippen molar-refractivity contribution in [2.45, 2.75) is 27.7 Å². The molecule has 0 fully saturated rings. The van der Waals surface area contributed by atoms with Crippen molar-refractivity contribution in [3.8, 4) is 0 Å². The maximum atomic E-state index is 12.7. The smallest absolute Gasteiger partial charge is 0.345 e. The van der Waals surface area contributed by atoms with Crippen LogP contribution >= 0.6 is 0 Å². The Morgan fingerprint density at radius 1 is 1.26 bits per heavy atom. The minimum Gasteiger partial charge on any atom is -0.462 e. The molecule has 0 bridgehead atoms. The Kier molecular flexibility index (Phi) is 4.94. The highest BCUT2D eigenvalue weighted by Crippen LogP contribution is 2.25. The monoisotopic (exact) mass is 367 g/mol. The van der Waals surface area contributed by atoms with Gasteiger partial charge in [-0.3, -0.25) is 14.0 Å². The number of rotatable bonds is 4. The molecular weight excluding hydrogens is 346 g/mol. The van der Waals surface area contributed by atoms with Crippen LogP contribution in [-0.2, 0) is 9.53 Å². The van der Waals surface area contributed by atoms with E-state index in [1.807, 2.05) is 32.9 Å². The number of amides is 1. The summed E-state index contributed by atoms with van der Waals surface area (Å²) < 4.78 is 6.27. The Morgan fingerprint density at radius 3 is 2.67 bits per heavy atom. The Balaban J connectivity index is 2.22. The van der Waals surface area contributed by atoms with E-state index in [0.717, 1.165) is 10.9 Å². The summed E-state index contributed by atoms with van der Waals surface area (Å²) in [6.07, 6.45) is 2.89. The van der Waals surface area contributed by atoms with Crippen LogP contribution in [0.25, 0.3) is 16.4 Å². The highest BCUT2D eigenvalue weighted by Gasteiger charge is 2.17. The van der Waals surface area contributed by atoms with Gasteiger partial charge in [0.05, 0.1) is 6.61 Å². The average molecular weight is 367 g/mol. The summed E-state index contributed by atoms with van der Waals surface area (Å²) in [5.74, 6) is -0.941. The van der Waals surface area contributed by atoms with E-state index < -0.39 is 11.5 Å². The first-order valence-electron chi connectivity index (χ1n) is 8.76. The predicted molar refractivity (Wildman–Crippen MR) is 103 cm³/mol. The number of fused-ring (bicyclic) bond motifs is 3. The molecule has 1 amide bonds. The van der Waals surface area contributed by atoms with Gasteiger partial charge in [-0.05, 0) is 36.9 Å². The van der Waals surface area contributed by atoms with Crippen molar-refractivity contribution in [2.75, 3.05) is 11.9 Å². The summed E-state index contributed by atoms with van der Waals surface area (Å²) in [7, 11) is 0. The van der Waals surface area contributed by atoms with E-state index >= 15 is 0 Å². The zero-order chi connectivity index (χ0) is 19.7. The molecule has 7 nitrogen and oxygen atoms in total. The molecule has 3 aromatic rings. The fraction of sp³-hybridized carbons (Fsp3) is 0.300. The Hall–Kier alpha value is -3.22. The first-order valence-corrected chi connectivity index (χ1v) is 8.76. The number of carbonyl (C=O) groups is 2. The van der Waals surface area contributed by atoms with Gasteiger partial charge in [-0.25, -0.2) is 9.78 Å². The lowest BCUT2D eigenvalue weighted by Crippen LogP contribution is -2.24. The van der Waals surface area contributed by atoms with Gasteiger partial charge < -0.3 is 10.1 Å². The second-order valence-electron chi connectivity index (χ2n) is 6.61. The number of pyridine rings is 1. The first kappa shape index (κ1) is 18.6. The Morgan fingerprint density at radius 2 is 2.00 bits per heavy atom. The van der Waals surface area contributed by atoms with E-state index in [1.54, 1.807) is 19.2 Å². The molecule has 0 aliphatic heterocycles. The minimum atomic E-state index is -0.694. The second kappa shape index (κ2) is 7.19. The van der Waals surface area contributed by atoms with Gasteiger partial charge in [-0.1, -0.05) is 19.9 Å².